The molecule has 98 valence electrons. The summed E-state index contributed by atoms with van der Waals surface area (Å²) in [5, 5.41) is 2.83. The Labute approximate surface area is 117 Å². The third-order valence-electron chi connectivity index (χ3n) is 2.59. The summed E-state index contributed by atoms with van der Waals surface area (Å²) in [6.45, 7) is 1.84. The molecule has 1 aromatic heterocycles. The maximum absolute atomic E-state index is 11.3. The van der Waals surface area contributed by atoms with E-state index in [1.54, 1.807) is 18.0 Å². The fraction of sp³-hybridized carbons (Fsp3) is 0.200. The molecule has 19 heavy (non-hydrogen) atoms. The van der Waals surface area contributed by atoms with E-state index in [0.717, 1.165) is 11.4 Å². The molecule has 0 radical (unpaired) electrons. The maximum Gasteiger partial charge on any atom is 0.224 e. The van der Waals surface area contributed by atoms with Gasteiger partial charge in [0.05, 0.1) is 0 Å². The van der Waals surface area contributed by atoms with E-state index in [9.17, 15) is 4.79 Å². The summed E-state index contributed by atoms with van der Waals surface area (Å²) < 4.78 is 0. The molecule has 2 aromatic rings. The molecule has 2 rings (SSSR count). The maximum atomic E-state index is 11.3. The predicted octanol–water partition coefficient (Wildman–Crippen LogP) is 3.72. The highest BCUT2D eigenvalue weighted by Gasteiger charge is 2.00. The van der Waals surface area contributed by atoms with Crippen LogP contribution in [0.25, 0.3) is 0 Å². The smallest absolute Gasteiger partial charge is 0.224 e. The number of hydrogen-bond donors (Lipinski definition) is 1. The topological polar surface area (TPSA) is 42.0 Å². The summed E-state index contributed by atoms with van der Waals surface area (Å²) in [5.74, 6) is 0.935. The first kappa shape index (κ1) is 13.6. The van der Waals surface area contributed by atoms with Crippen LogP contribution in [0.1, 0.15) is 18.9 Å². The zero-order valence-electron chi connectivity index (χ0n) is 10.8. The molecule has 4 heteroatoms. The van der Waals surface area contributed by atoms with Crippen molar-refractivity contribution in [1.29, 1.82) is 0 Å². The van der Waals surface area contributed by atoms with E-state index in [1.165, 1.54) is 10.5 Å². The summed E-state index contributed by atoms with van der Waals surface area (Å²) in [6, 6.07) is 11.9. The summed E-state index contributed by atoms with van der Waals surface area (Å²) in [6.07, 6.45) is 4.15. The minimum absolute atomic E-state index is 0.0377. The zero-order valence-corrected chi connectivity index (χ0v) is 11.6. The second-order valence-electron chi connectivity index (χ2n) is 4.08. The average molecular weight is 272 g/mol. The molecular weight excluding hydrogens is 256 g/mol. The van der Waals surface area contributed by atoms with E-state index in [2.05, 4.69) is 16.4 Å². The third-order valence-corrected chi connectivity index (χ3v) is 3.67. The van der Waals surface area contributed by atoms with Crippen molar-refractivity contribution in [2.24, 2.45) is 0 Å². The number of thioether (sulfide) groups is 1. The number of benzene rings is 1. The highest BCUT2D eigenvalue weighted by Crippen LogP contribution is 2.23. The molecule has 0 saturated carbocycles. The third kappa shape index (κ3) is 4.41. The Kier molecular flexibility index (Phi) is 4.98. The van der Waals surface area contributed by atoms with Gasteiger partial charge in [-0.2, -0.15) is 0 Å². The number of anilines is 1. The van der Waals surface area contributed by atoms with Crippen LogP contribution in [0.2, 0.25) is 0 Å². The van der Waals surface area contributed by atoms with E-state index < -0.39 is 0 Å². The summed E-state index contributed by atoms with van der Waals surface area (Å²) >= 11 is 1.75. The fourth-order valence-corrected chi connectivity index (χ4v) is 2.37. The number of rotatable bonds is 5. The Morgan fingerprint density at radius 3 is 2.68 bits per heavy atom. The second-order valence-corrected chi connectivity index (χ2v) is 5.12. The largest absolute Gasteiger partial charge is 0.326 e. The minimum atomic E-state index is 0.0377. The Morgan fingerprint density at radius 1 is 1.26 bits per heavy atom. The first-order chi connectivity index (χ1) is 9.28. The Balaban J connectivity index is 1.90. The molecule has 1 heterocycles. The van der Waals surface area contributed by atoms with Crippen molar-refractivity contribution in [1.82, 2.24) is 4.98 Å². The lowest BCUT2D eigenvalue weighted by molar-refractivity contribution is -0.115. The SMILES string of the molecule is CCC(=O)Nc1ccc(SCc2cccnc2)cc1. The molecule has 1 N–H and O–H groups in total. The van der Waals surface area contributed by atoms with Crippen LogP contribution >= 0.6 is 11.8 Å². The van der Waals surface area contributed by atoms with Crippen molar-refractivity contribution in [3.8, 4) is 0 Å². The monoisotopic (exact) mass is 272 g/mol. The van der Waals surface area contributed by atoms with Crippen LogP contribution in [0.15, 0.2) is 53.7 Å². The van der Waals surface area contributed by atoms with E-state index >= 15 is 0 Å². The van der Waals surface area contributed by atoms with Gasteiger partial charge in [0.1, 0.15) is 0 Å². The van der Waals surface area contributed by atoms with E-state index in [-0.39, 0.29) is 5.91 Å². The Bertz CT molecular complexity index is 526. The lowest BCUT2D eigenvalue weighted by Crippen LogP contribution is -2.08. The van der Waals surface area contributed by atoms with Crippen LogP contribution in [0.5, 0.6) is 0 Å². The molecule has 0 aliphatic heterocycles. The van der Waals surface area contributed by atoms with E-state index in [0.29, 0.717) is 6.42 Å². The van der Waals surface area contributed by atoms with Crippen molar-refractivity contribution in [3.63, 3.8) is 0 Å². The number of nitrogens with one attached hydrogen (secondary N) is 1. The number of nitrogens with zero attached hydrogens (tertiary/aromatic N) is 1. The van der Waals surface area contributed by atoms with Gasteiger partial charge in [-0.3, -0.25) is 9.78 Å². The molecule has 0 fully saturated rings. The standard InChI is InChI=1S/C15H16N2OS/c1-2-15(18)17-13-5-7-14(8-6-13)19-11-12-4-3-9-16-10-12/h3-10H,2,11H2,1H3,(H,17,18). The number of carbonyl (C=O) groups is 1. The summed E-state index contributed by atoms with van der Waals surface area (Å²) in [4.78, 5) is 16.5. The van der Waals surface area contributed by atoms with Gasteiger partial charge in [0.25, 0.3) is 0 Å². The molecule has 1 aromatic carbocycles. The summed E-state index contributed by atoms with van der Waals surface area (Å²) in [5.41, 5.74) is 2.05. The van der Waals surface area contributed by atoms with Gasteiger partial charge in [-0.15, -0.1) is 11.8 Å². The van der Waals surface area contributed by atoms with E-state index in [1.807, 2.05) is 43.5 Å². The lowest BCUT2D eigenvalue weighted by Gasteiger charge is -2.05. The van der Waals surface area contributed by atoms with Crippen molar-refractivity contribution in [2.75, 3.05) is 5.32 Å². The Hall–Kier alpha value is -1.81. The molecule has 0 spiro atoms. The fourth-order valence-electron chi connectivity index (χ4n) is 1.53. The normalized spacial score (nSPS) is 10.2. The van der Waals surface area contributed by atoms with Gasteiger partial charge < -0.3 is 5.32 Å². The number of carbonyl (C=O) groups excluding carboxylic acids is 1. The average Bonchev–Trinajstić information content (AvgIpc) is 2.47. The van der Waals surface area contributed by atoms with Crippen molar-refractivity contribution < 1.29 is 4.79 Å². The molecular formula is C15H16N2OS. The summed E-state index contributed by atoms with van der Waals surface area (Å²) in [7, 11) is 0. The van der Waals surface area contributed by atoms with Crippen LogP contribution in [0, 0.1) is 0 Å². The molecule has 0 aliphatic carbocycles. The van der Waals surface area contributed by atoms with Gasteiger partial charge in [-0.1, -0.05) is 13.0 Å². The van der Waals surface area contributed by atoms with Crippen LogP contribution in [0.3, 0.4) is 0 Å². The van der Waals surface area contributed by atoms with Gasteiger partial charge >= 0.3 is 0 Å². The predicted molar refractivity (Wildman–Crippen MR) is 79.2 cm³/mol. The molecule has 3 nitrogen and oxygen atoms in total. The van der Waals surface area contributed by atoms with Crippen molar-refractivity contribution in [2.45, 2.75) is 24.0 Å². The quantitative estimate of drug-likeness (QED) is 0.843. The van der Waals surface area contributed by atoms with Gasteiger partial charge in [0, 0.05) is 35.2 Å². The van der Waals surface area contributed by atoms with Crippen molar-refractivity contribution in [3.05, 3.63) is 54.4 Å². The van der Waals surface area contributed by atoms with Gasteiger partial charge in [-0.25, -0.2) is 0 Å². The van der Waals surface area contributed by atoms with Gasteiger partial charge in [0.2, 0.25) is 5.91 Å². The zero-order chi connectivity index (χ0) is 13.5. The first-order valence-electron chi connectivity index (χ1n) is 6.19. The lowest BCUT2D eigenvalue weighted by atomic mass is 10.3. The van der Waals surface area contributed by atoms with Crippen LogP contribution in [0.4, 0.5) is 5.69 Å². The van der Waals surface area contributed by atoms with Gasteiger partial charge in [0.15, 0.2) is 0 Å². The molecule has 0 unspecified atom stereocenters. The molecule has 0 saturated heterocycles. The number of aromatic nitrogens is 1. The highest BCUT2D eigenvalue weighted by atomic mass is 32.2. The van der Waals surface area contributed by atoms with E-state index in [4.69, 9.17) is 0 Å². The highest BCUT2D eigenvalue weighted by molar-refractivity contribution is 7.98. The Morgan fingerprint density at radius 2 is 2.05 bits per heavy atom. The first-order valence-corrected chi connectivity index (χ1v) is 7.18. The number of amides is 1. The minimum Gasteiger partial charge on any atom is -0.326 e. The number of pyridine rings is 1. The number of hydrogen-bond acceptors (Lipinski definition) is 3. The van der Waals surface area contributed by atoms with Crippen molar-refractivity contribution >= 4 is 23.4 Å². The molecule has 0 bridgehead atoms. The van der Waals surface area contributed by atoms with Gasteiger partial charge in [-0.05, 0) is 35.9 Å². The van der Waals surface area contributed by atoms with Crippen LogP contribution in [-0.2, 0) is 10.5 Å². The second kappa shape index (κ2) is 6.95. The van der Waals surface area contributed by atoms with Crippen LogP contribution in [-0.4, -0.2) is 10.9 Å². The molecule has 0 atom stereocenters. The van der Waals surface area contributed by atoms with Crippen LogP contribution < -0.4 is 5.32 Å². The molecule has 0 aliphatic rings. The molecule has 1 amide bonds.